The van der Waals surface area contributed by atoms with Gasteiger partial charge in [-0.1, -0.05) is 0 Å². The van der Waals surface area contributed by atoms with E-state index in [-0.39, 0.29) is 0 Å². The molecule has 0 spiro atoms. The number of nitrogens with one attached hydrogen (secondary N) is 1. The summed E-state index contributed by atoms with van der Waals surface area (Å²) in [6.07, 6.45) is 0. The van der Waals surface area contributed by atoms with Crippen molar-refractivity contribution in [2.45, 2.75) is 0 Å². The van der Waals surface area contributed by atoms with Gasteiger partial charge in [-0.3, -0.25) is 0 Å². The fourth-order valence-electron chi connectivity index (χ4n) is 0.362. The summed E-state index contributed by atoms with van der Waals surface area (Å²) in [6, 6.07) is 0. The first-order chi connectivity index (χ1) is 3.83. The molecule has 5 heteroatoms. The molecular formula is C3H3NO2SSe. The molecule has 0 bridgehead atoms. The van der Waals surface area contributed by atoms with E-state index >= 15 is 0 Å². The zero-order valence-electron chi connectivity index (χ0n) is 3.84. The van der Waals surface area contributed by atoms with Crippen molar-refractivity contribution in [1.29, 1.82) is 0 Å². The van der Waals surface area contributed by atoms with E-state index < -0.39 is 14.5 Å². The Labute approximate surface area is 57.3 Å². The van der Waals surface area contributed by atoms with E-state index in [1.165, 1.54) is 0 Å². The second-order valence-electron chi connectivity index (χ2n) is 1.21. The zero-order valence-corrected chi connectivity index (χ0v) is 6.37. The van der Waals surface area contributed by atoms with Crippen molar-refractivity contribution < 1.29 is 8.57 Å². The van der Waals surface area contributed by atoms with Gasteiger partial charge in [0.25, 0.3) is 0 Å². The summed E-state index contributed by atoms with van der Waals surface area (Å²) in [6.45, 7) is 0.377. The molecule has 0 amide bonds. The van der Waals surface area contributed by atoms with Crippen LogP contribution in [0.2, 0.25) is 0 Å². The van der Waals surface area contributed by atoms with Crippen LogP contribution in [0, 0.1) is 0 Å². The van der Waals surface area contributed by atoms with Crippen molar-refractivity contribution >= 4 is 36.4 Å². The molecule has 0 aromatic heterocycles. The SMILES string of the molecule is O=[Se]=C1COC(=S)N1. The molecule has 0 atom stereocenters. The second-order valence-corrected chi connectivity index (χ2v) is 2.96. The van der Waals surface area contributed by atoms with Gasteiger partial charge in [0.1, 0.15) is 0 Å². The third-order valence-electron chi connectivity index (χ3n) is 0.676. The van der Waals surface area contributed by atoms with Crippen LogP contribution in [0.1, 0.15) is 0 Å². The summed E-state index contributed by atoms with van der Waals surface area (Å²) in [5, 5.41) is 2.98. The van der Waals surface area contributed by atoms with E-state index in [1.807, 2.05) is 0 Å². The molecule has 0 aromatic rings. The molecule has 1 fully saturated rings. The van der Waals surface area contributed by atoms with Gasteiger partial charge in [-0.25, -0.2) is 0 Å². The van der Waals surface area contributed by atoms with E-state index in [0.29, 0.717) is 16.3 Å². The molecule has 1 aliphatic rings. The monoisotopic (exact) mass is 197 g/mol. The fourth-order valence-corrected chi connectivity index (χ4v) is 1.20. The number of rotatable bonds is 0. The molecule has 0 radical (unpaired) electrons. The van der Waals surface area contributed by atoms with E-state index in [2.05, 4.69) is 17.5 Å². The number of hydrogen-bond donors (Lipinski definition) is 1. The summed E-state index contributed by atoms with van der Waals surface area (Å²) in [5.41, 5.74) is 0. The van der Waals surface area contributed by atoms with Gasteiger partial charge in [-0.05, 0) is 0 Å². The average molecular weight is 196 g/mol. The van der Waals surface area contributed by atoms with Gasteiger partial charge in [0.2, 0.25) is 0 Å². The third kappa shape index (κ3) is 1.18. The molecule has 0 unspecified atom stereocenters. The van der Waals surface area contributed by atoms with E-state index in [0.717, 1.165) is 0 Å². The average Bonchev–Trinajstić information content (AvgIpc) is 2.14. The van der Waals surface area contributed by atoms with Gasteiger partial charge >= 0.3 is 56.9 Å². The van der Waals surface area contributed by atoms with E-state index in [9.17, 15) is 3.83 Å². The summed E-state index contributed by atoms with van der Waals surface area (Å²) < 4.78 is 15.5. The van der Waals surface area contributed by atoms with Gasteiger partial charge in [0.05, 0.1) is 0 Å². The molecule has 1 saturated heterocycles. The summed E-state index contributed by atoms with van der Waals surface area (Å²) >= 11 is 3.86. The molecule has 3 nitrogen and oxygen atoms in total. The molecule has 1 N–H and O–H groups in total. The van der Waals surface area contributed by atoms with Crippen LogP contribution in [0.3, 0.4) is 0 Å². The van der Waals surface area contributed by atoms with Crippen molar-refractivity contribution in [3.8, 4) is 0 Å². The second kappa shape index (κ2) is 2.44. The molecule has 0 aromatic carbocycles. The Hall–Kier alpha value is -0.121. The summed E-state index contributed by atoms with van der Waals surface area (Å²) in [5.74, 6) is 0. The topological polar surface area (TPSA) is 38.3 Å². The Kier molecular flexibility index (Phi) is 1.83. The molecule has 1 aliphatic heterocycles. The summed E-state index contributed by atoms with van der Waals surface area (Å²) in [4.78, 5) is 0. The van der Waals surface area contributed by atoms with Gasteiger partial charge in [-0.15, -0.1) is 0 Å². The zero-order chi connectivity index (χ0) is 5.98. The van der Waals surface area contributed by atoms with Crippen LogP contribution < -0.4 is 5.32 Å². The normalized spacial score (nSPS) is 17.5. The van der Waals surface area contributed by atoms with Crippen LogP contribution in [0.4, 0.5) is 0 Å². The first kappa shape index (κ1) is 6.01. The van der Waals surface area contributed by atoms with Crippen molar-refractivity contribution in [3.63, 3.8) is 0 Å². The van der Waals surface area contributed by atoms with E-state index in [4.69, 9.17) is 4.74 Å². The summed E-state index contributed by atoms with van der Waals surface area (Å²) in [7, 11) is 0. The molecular weight excluding hydrogens is 193 g/mol. The first-order valence-electron chi connectivity index (χ1n) is 1.92. The van der Waals surface area contributed by atoms with Gasteiger partial charge in [0, 0.05) is 0 Å². The van der Waals surface area contributed by atoms with Crippen LogP contribution >= 0.6 is 12.2 Å². The van der Waals surface area contributed by atoms with Crippen molar-refractivity contribution in [1.82, 2.24) is 5.32 Å². The molecule has 8 heavy (non-hydrogen) atoms. The Morgan fingerprint density at radius 2 is 2.62 bits per heavy atom. The van der Waals surface area contributed by atoms with Gasteiger partial charge in [0.15, 0.2) is 0 Å². The van der Waals surface area contributed by atoms with E-state index in [1.54, 1.807) is 0 Å². The quantitative estimate of drug-likeness (QED) is 0.401. The number of thiocarbonyl (C=S) groups is 1. The predicted octanol–water partition coefficient (Wildman–Crippen LogP) is -0.929. The van der Waals surface area contributed by atoms with Crippen LogP contribution in [0.5, 0.6) is 0 Å². The minimum absolute atomic E-state index is 0.331. The Bertz CT molecular complexity index is 174. The van der Waals surface area contributed by atoms with Crippen LogP contribution in [0.25, 0.3) is 0 Å². The molecule has 44 valence electrons. The van der Waals surface area contributed by atoms with Crippen molar-refractivity contribution in [2.24, 2.45) is 0 Å². The number of ether oxygens (including phenoxy) is 1. The Morgan fingerprint density at radius 3 is 2.88 bits per heavy atom. The van der Waals surface area contributed by atoms with Crippen molar-refractivity contribution in [3.05, 3.63) is 0 Å². The molecule has 1 rings (SSSR count). The van der Waals surface area contributed by atoms with Crippen LogP contribution in [-0.2, 0) is 8.57 Å². The minimum atomic E-state index is -0.722. The van der Waals surface area contributed by atoms with Crippen LogP contribution in [0.15, 0.2) is 0 Å². The van der Waals surface area contributed by atoms with Gasteiger partial charge in [-0.2, -0.15) is 0 Å². The Balaban J connectivity index is 2.70. The number of hydrogen-bond acceptors (Lipinski definition) is 3. The third-order valence-corrected chi connectivity index (χ3v) is 1.78. The standard InChI is InChI=1S/C3H3NO2SSe/c5-8-2-1-6-3(7)4-2/h1H2,(H,4,7). The maximum atomic E-state index is 10.1. The first-order valence-corrected chi connectivity index (χ1v) is 3.89. The van der Waals surface area contributed by atoms with Crippen LogP contribution in [-0.4, -0.2) is 30.8 Å². The maximum absolute atomic E-state index is 10.1. The molecule has 0 saturated carbocycles. The molecule has 0 aliphatic carbocycles. The fraction of sp³-hybridized carbons (Fsp3) is 0.333. The van der Waals surface area contributed by atoms with Crippen molar-refractivity contribution in [2.75, 3.05) is 6.61 Å². The van der Waals surface area contributed by atoms with Gasteiger partial charge < -0.3 is 0 Å². The molecule has 1 heterocycles. The Morgan fingerprint density at radius 1 is 1.88 bits per heavy atom. The predicted molar refractivity (Wildman–Crippen MR) is 33.1 cm³/mol.